The molecule has 1 aliphatic carbocycles. The number of nitrogens with zero attached hydrogens (tertiary/aromatic N) is 6. The first-order chi connectivity index (χ1) is 17.8. The molecule has 4 aromatic rings. The highest BCUT2D eigenvalue weighted by Crippen LogP contribution is 2.37. The number of benzene rings is 1. The predicted molar refractivity (Wildman–Crippen MR) is 147 cm³/mol. The number of fused-ring (bicyclic) bond motifs is 2. The average Bonchev–Trinajstić information content (AvgIpc) is 3.22. The Labute approximate surface area is 216 Å². The highest BCUT2D eigenvalue weighted by atomic mass is 16.1. The van der Waals surface area contributed by atoms with Crippen molar-refractivity contribution in [1.82, 2.24) is 29.2 Å². The standard InChI is InChI=1S/C29H35N7O/c1-18(2)36-28-32-26(12-27(37)34(28)17-29(36,3)4)24-14-30-25-8-5-19(11-23(24)25)20-13-31-35(15-20)22-9-10-33(16-22)21-6-7-21/h5,8,11-15,18,21-22,30H,6-7,9-10,16-17H2,1-4H3. The van der Waals surface area contributed by atoms with Gasteiger partial charge in [0.05, 0.1) is 30.0 Å². The van der Waals surface area contributed by atoms with Gasteiger partial charge in [-0.25, -0.2) is 4.98 Å². The summed E-state index contributed by atoms with van der Waals surface area (Å²) in [6, 6.07) is 9.65. The molecule has 8 heteroatoms. The Hall–Kier alpha value is -3.39. The molecule has 0 bridgehead atoms. The molecule has 3 aromatic heterocycles. The third-order valence-corrected chi connectivity index (χ3v) is 8.44. The molecule has 3 aliphatic rings. The van der Waals surface area contributed by atoms with Crippen LogP contribution in [-0.2, 0) is 6.54 Å². The molecule has 7 rings (SSSR count). The van der Waals surface area contributed by atoms with Gasteiger partial charge >= 0.3 is 0 Å². The first-order valence-corrected chi connectivity index (χ1v) is 13.6. The van der Waals surface area contributed by atoms with Gasteiger partial charge in [-0.2, -0.15) is 5.10 Å². The third-order valence-electron chi connectivity index (χ3n) is 8.44. The van der Waals surface area contributed by atoms with Crippen LogP contribution in [0.5, 0.6) is 0 Å². The summed E-state index contributed by atoms with van der Waals surface area (Å²) in [7, 11) is 0. The van der Waals surface area contributed by atoms with Gasteiger partial charge in [-0.15, -0.1) is 0 Å². The molecule has 8 nitrogen and oxygen atoms in total. The number of aromatic nitrogens is 5. The van der Waals surface area contributed by atoms with Gasteiger partial charge in [-0.1, -0.05) is 6.07 Å². The van der Waals surface area contributed by atoms with Crippen LogP contribution in [0.2, 0.25) is 0 Å². The van der Waals surface area contributed by atoms with E-state index in [1.165, 1.54) is 25.8 Å². The number of likely N-dealkylation sites (tertiary alicyclic amines) is 1. The second kappa shape index (κ2) is 8.05. The van der Waals surface area contributed by atoms with E-state index in [0.29, 0.717) is 18.3 Å². The van der Waals surface area contributed by atoms with Gasteiger partial charge in [0.1, 0.15) is 0 Å². The molecule has 0 radical (unpaired) electrons. The fourth-order valence-electron chi connectivity index (χ4n) is 6.58. The van der Waals surface area contributed by atoms with Gasteiger partial charge < -0.3 is 9.88 Å². The van der Waals surface area contributed by atoms with Gasteiger partial charge in [0.15, 0.2) is 0 Å². The topological polar surface area (TPSA) is 75.0 Å². The van der Waals surface area contributed by atoms with E-state index in [1.807, 2.05) is 17.0 Å². The van der Waals surface area contributed by atoms with Crippen LogP contribution in [0, 0.1) is 0 Å². The van der Waals surface area contributed by atoms with Crippen molar-refractivity contribution >= 4 is 16.9 Å². The number of hydrogen-bond donors (Lipinski definition) is 1. The number of hydrogen-bond acceptors (Lipinski definition) is 5. The molecule has 37 heavy (non-hydrogen) atoms. The number of aromatic amines is 1. The summed E-state index contributed by atoms with van der Waals surface area (Å²) in [4.78, 5) is 26.5. The quantitative estimate of drug-likeness (QED) is 0.434. The lowest BCUT2D eigenvalue weighted by Crippen LogP contribution is -2.45. The Bertz CT molecular complexity index is 1550. The highest BCUT2D eigenvalue weighted by Gasteiger charge is 2.40. The summed E-state index contributed by atoms with van der Waals surface area (Å²) < 4.78 is 3.97. The molecule has 5 heterocycles. The van der Waals surface area contributed by atoms with Crippen molar-refractivity contribution in [3.63, 3.8) is 0 Å². The van der Waals surface area contributed by atoms with E-state index in [4.69, 9.17) is 10.1 Å². The zero-order chi connectivity index (χ0) is 25.5. The van der Waals surface area contributed by atoms with Crippen LogP contribution in [0.1, 0.15) is 53.0 Å². The number of nitrogens with one attached hydrogen (secondary N) is 1. The molecule has 0 spiro atoms. The van der Waals surface area contributed by atoms with Crippen molar-refractivity contribution in [3.8, 4) is 22.4 Å². The van der Waals surface area contributed by atoms with Gasteiger partial charge in [0.2, 0.25) is 5.95 Å². The molecular formula is C29H35N7O. The SMILES string of the molecule is CC(C)N1c2nc(-c3c[nH]c4ccc(-c5cnn(C6CCN(C7CC7)C6)c5)cc34)cc(=O)n2CC1(C)C. The van der Waals surface area contributed by atoms with Crippen molar-refractivity contribution in [2.75, 3.05) is 18.0 Å². The lowest BCUT2D eigenvalue weighted by molar-refractivity contribution is 0.309. The summed E-state index contributed by atoms with van der Waals surface area (Å²) in [6.45, 7) is 11.6. The van der Waals surface area contributed by atoms with Gasteiger partial charge in [-0.3, -0.25) is 18.9 Å². The van der Waals surface area contributed by atoms with E-state index in [2.05, 4.69) is 71.6 Å². The summed E-state index contributed by atoms with van der Waals surface area (Å²) >= 11 is 0. The Kier molecular flexibility index (Phi) is 4.96. The lowest BCUT2D eigenvalue weighted by Gasteiger charge is -2.35. The first kappa shape index (κ1) is 22.8. The van der Waals surface area contributed by atoms with Crippen LogP contribution < -0.4 is 10.5 Å². The molecule has 1 atom stereocenters. The summed E-state index contributed by atoms with van der Waals surface area (Å²) in [5, 5.41) is 5.81. The summed E-state index contributed by atoms with van der Waals surface area (Å²) in [6.07, 6.45) is 10.0. The molecule has 0 amide bonds. The Balaban J connectivity index is 1.24. The van der Waals surface area contributed by atoms with Crippen LogP contribution in [0.25, 0.3) is 33.3 Å². The van der Waals surface area contributed by atoms with Crippen LogP contribution in [-0.4, -0.2) is 59.9 Å². The molecule has 1 N–H and O–H groups in total. The van der Waals surface area contributed by atoms with Crippen LogP contribution in [0.3, 0.4) is 0 Å². The smallest absolute Gasteiger partial charge is 0.255 e. The maximum Gasteiger partial charge on any atom is 0.255 e. The lowest BCUT2D eigenvalue weighted by atomic mass is 10.0. The van der Waals surface area contributed by atoms with Crippen molar-refractivity contribution < 1.29 is 0 Å². The summed E-state index contributed by atoms with van der Waals surface area (Å²) in [5.74, 6) is 0.756. The van der Waals surface area contributed by atoms with E-state index in [-0.39, 0.29) is 17.1 Å². The zero-order valence-corrected chi connectivity index (χ0v) is 22.1. The molecule has 1 saturated carbocycles. The molecule has 2 aliphatic heterocycles. The zero-order valence-electron chi connectivity index (χ0n) is 22.1. The minimum atomic E-state index is -0.158. The van der Waals surface area contributed by atoms with Gasteiger partial charge in [0.25, 0.3) is 5.56 Å². The van der Waals surface area contributed by atoms with Crippen LogP contribution in [0.15, 0.2) is 47.7 Å². The Morgan fingerprint density at radius 3 is 2.70 bits per heavy atom. The summed E-state index contributed by atoms with van der Waals surface area (Å²) in [5.41, 5.74) is 4.78. The monoisotopic (exact) mass is 497 g/mol. The Morgan fingerprint density at radius 2 is 1.92 bits per heavy atom. The number of H-pyrrole nitrogens is 1. The van der Waals surface area contributed by atoms with E-state index in [0.717, 1.165) is 46.1 Å². The van der Waals surface area contributed by atoms with Crippen molar-refractivity contribution in [2.24, 2.45) is 0 Å². The molecule has 1 aromatic carbocycles. The fourth-order valence-corrected chi connectivity index (χ4v) is 6.58. The Morgan fingerprint density at radius 1 is 1.08 bits per heavy atom. The normalized spacial score (nSPS) is 21.4. The van der Waals surface area contributed by atoms with E-state index >= 15 is 0 Å². The second-order valence-electron chi connectivity index (χ2n) is 12.0. The molecule has 1 unspecified atom stereocenters. The van der Waals surface area contributed by atoms with E-state index < -0.39 is 0 Å². The van der Waals surface area contributed by atoms with E-state index in [1.54, 1.807) is 6.07 Å². The number of rotatable bonds is 5. The average molecular weight is 498 g/mol. The minimum Gasteiger partial charge on any atom is -0.360 e. The highest BCUT2D eigenvalue weighted by molar-refractivity contribution is 5.97. The third kappa shape index (κ3) is 3.72. The van der Waals surface area contributed by atoms with Crippen molar-refractivity contribution in [3.05, 3.63) is 53.2 Å². The van der Waals surface area contributed by atoms with Crippen molar-refractivity contribution in [1.29, 1.82) is 0 Å². The maximum absolute atomic E-state index is 13.2. The van der Waals surface area contributed by atoms with Gasteiger partial charge in [-0.05, 0) is 64.7 Å². The fraction of sp³-hybridized carbons (Fsp3) is 0.483. The first-order valence-electron chi connectivity index (χ1n) is 13.6. The second-order valence-corrected chi connectivity index (χ2v) is 12.0. The van der Waals surface area contributed by atoms with Crippen LogP contribution >= 0.6 is 0 Å². The molecule has 192 valence electrons. The predicted octanol–water partition coefficient (Wildman–Crippen LogP) is 4.67. The van der Waals surface area contributed by atoms with E-state index in [9.17, 15) is 4.79 Å². The molecule has 2 fully saturated rings. The molecular weight excluding hydrogens is 462 g/mol. The largest absolute Gasteiger partial charge is 0.360 e. The minimum absolute atomic E-state index is 0.000175. The maximum atomic E-state index is 13.2. The number of anilines is 1. The molecule has 1 saturated heterocycles. The van der Waals surface area contributed by atoms with Crippen LogP contribution in [0.4, 0.5) is 5.95 Å². The van der Waals surface area contributed by atoms with Gasteiger partial charge in [0, 0.05) is 65.7 Å². The van der Waals surface area contributed by atoms with Crippen molar-refractivity contribution in [2.45, 2.75) is 77.2 Å².